The summed E-state index contributed by atoms with van der Waals surface area (Å²) in [5, 5.41) is 3.61. The number of carbonyl (C=O) groups excluding carboxylic acids is 2. The van der Waals surface area contributed by atoms with E-state index in [0.29, 0.717) is 29.2 Å². The summed E-state index contributed by atoms with van der Waals surface area (Å²) in [7, 11) is 3.26. The molecule has 2 aromatic rings. The van der Waals surface area contributed by atoms with Crippen LogP contribution >= 0.6 is 11.8 Å². The number of amides is 2. The fourth-order valence-corrected chi connectivity index (χ4v) is 3.76. The van der Waals surface area contributed by atoms with E-state index in [2.05, 4.69) is 10.3 Å². The van der Waals surface area contributed by atoms with Crippen LogP contribution < -0.4 is 10.9 Å². The number of carbonyl (C=O) groups is 2. The lowest BCUT2D eigenvalue weighted by Crippen LogP contribution is -2.37. The summed E-state index contributed by atoms with van der Waals surface area (Å²) in [6.07, 6.45) is 1.85. The number of likely N-dealkylation sites (N-methyl/N-ethyl adjacent to an activating group) is 1. The highest BCUT2D eigenvalue weighted by Gasteiger charge is 2.20. The van der Waals surface area contributed by atoms with Crippen molar-refractivity contribution in [1.29, 1.82) is 0 Å². The molecule has 1 aliphatic rings. The standard InChI is InChI=1S/C19H24N4O4S/c1-22(2)17(25)10-20-16(24)12-28-19-21-15-8-4-3-7-14(15)18(26)23(19)11-13-6-5-9-27-13/h3-4,7-8,13H,5-6,9-12H2,1-2H3,(H,20,24)/t13-/m0/s1. The molecule has 0 bridgehead atoms. The third-order valence-corrected chi connectivity index (χ3v) is 5.48. The Labute approximate surface area is 167 Å². The van der Waals surface area contributed by atoms with Gasteiger partial charge in [-0.05, 0) is 25.0 Å². The lowest BCUT2D eigenvalue weighted by molar-refractivity contribution is -0.130. The second kappa shape index (κ2) is 9.20. The van der Waals surface area contributed by atoms with E-state index in [4.69, 9.17) is 4.74 Å². The SMILES string of the molecule is CN(C)C(=O)CNC(=O)CSc1nc2ccccc2c(=O)n1C[C@@H]1CCCO1. The van der Waals surface area contributed by atoms with E-state index in [-0.39, 0.29) is 35.8 Å². The maximum absolute atomic E-state index is 13.0. The maximum atomic E-state index is 13.0. The van der Waals surface area contributed by atoms with Gasteiger partial charge in [0.1, 0.15) is 0 Å². The van der Waals surface area contributed by atoms with Crippen LogP contribution in [0.4, 0.5) is 0 Å². The van der Waals surface area contributed by atoms with Crippen molar-refractivity contribution in [2.75, 3.05) is 33.0 Å². The molecule has 0 aliphatic carbocycles. The third-order valence-electron chi connectivity index (χ3n) is 4.50. The first-order chi connectivity index (χ1) is 13.5. The molecule has 0 saturated carbocycles. The molecule has 0 unspecified atom stereocenters. The number of ether oxygens (including phenoxy) is 1. The van der Waals surface area contributed by atoms with Gasteiger partial charge < -0.3 is 15.0 Å². The average Bonchev–Trinajstić information content (AvgIpc) is 3.20. The third kappa shape index (κ3) is 4.90. The van der Waals surface area contributed by atoms with Crippen molar-refractivity contribution in [2.24, 2.45) is 0 Å². The molecule has 0 radical (unpaired) electrons. The predicted octanol–water partition coefficient (Wildman–Crippen LogP) is 0.872. The fraction of sp³-hybridized carbons (Fsp3) is 0.474. The van der Waals surface area contributed by atoms with Gasteiger partial charge in [-0.15, -0.1) is 0 Å². The molecular formula is C19H24N4O4S. The second-order valence-corrected chi connectivity index (χ2v) is 7.76. The highest BCUT2D eigenvalue weighted by molar-refractivity contribution is 7.99. The number of hydrogen-bond donors (Lipinski definition) is 1. The Balaban J connectivity index is 1.77. The molecule has 1 aromatic heterocycles. The van der Waals surface area contributed by atoms with Gasteiger partial charge in [0, 0.05) is 20.7 Å². The number of thioether (sulfide) groups is 1. The van der Waals surface area contributed by atoms with Gasteiger partial charge in [-0.2, -0.15) is 0 Å². The number of rotatable bonds is 7. The minimum atomic E-state index is -0.286. The normalized spacial score (nSPS) is 16.3. The zero-order valence-electron chi connectivity index (χ0n) is 16.0. The number of hydrogen-bond acceptors (Lipinski definition) is 6. The van der Waals surface area contributed by atoms with E-state index in [1.54, 1.807) is 30.8 Å². The molecule has 8 nitrogen and oxygen atoms in total. The van der Waals surface area contributed by atoms with Crippen LogP contribution in [0, 0.1) is 0 Å². The van der Waals surface area contributed by atoms with E-state index in [9.17, 15) is 14.4 Å². The van der Waals surface area contributed by atoms with Crippen LogP contribution in [0.25, 0.3) is 10.9 Å². The van der Waals surface area contributed by atoms with E-state index in [0.717, 1.165) is 12.8 Å². The Hall–Kier alpha value is -2.39. The van der Waals surface area contributed by atoms with E-state index in [1.165, 1.54) is 16.7 Å². The van der Waals surface area contributed by atoms with Crippen LogP contribution in [0.5, 0.6) is 0 Å². The molecule has 1 fully saturated rings. The lowest BCUT2D eigenvalue weighted by atomic mass is 10.2. The monoisotopic (exact) mass is 404 g/mol. The molecule has 1 saturated heterocycles. The second-order valence-electron chi connectivity index (χ2n) is 6.82. The summed E-state index contributed by atoms with van der Waals surface area (Å²) in [5.74, 6) is -0.402. The zero-order valence-corrected chi connectivity index (χ0v) is 16.8. The number of aromatic nitrogens is 2. The molecule has 1 atom stereocenters. The maximum Gasteiger partial charge on any atom is 0.262 e. The van der Waals surface area contributed by atoms with Crippen LogP contribution in [0.2, 0.25) is 0 Å². The summed E-state index contributed by atoms with van der Waals surface area (Å²) in [6.45, 7) is 1.06. The smallest absolute Gasteiger partial charge is 0.262 e. The number of para-hydroxylation sites is 1. The first-order valence-corrected chi connectivity index (χ1v) is 10.1. The summed E-state index contributed by atoms with van der Waals surface area (Å²) in [6, 6.07) is 7.18. The van der Waals surface area contributed by atoms with Crippen LogP contribution in [0.15, 0.2) is 34.2 Å². The van der Waals surface area contributed by atoms with E-state index in [1.807, 2.05) is 12.1 Å². The average molecular weight is 404 g/mol. The fourth-order valence-electron chi connectivity index (χ4n) is 2.92. The molecule has 1 aromatic carbocycles. The Morgan fingerprint density at radius 1 is 1.36 bits per heavy atom. The van der Waals surface area contributed by atoms with Crippen molar-refractivity contribution in [3.63, 3.8) is 0 Å². The van der Waals surface area contributed by atoms with Gasteiger partial charge in [0.2, 0.25) is 11.8 Å². The Morgan fingerprint density at radius 2 is 2.14 bits per heavy atom. The van der Waals surface area contributed by atoms with Crippen molar-refractivity contribution in [2.45, 2.75) is 30.6 Å². The summed E-state index contributed by atoms with van der Waals surface area (Å²) in [4.78, 5) is 42.7. The van der Waals surface area contributed by atoms with Crippen molar-refractivity contribution in [3.05, 3.63) is 34.6 Å². The topological polar surface area (TPSA) is 93.5 Å². The molecule has 28 heavy (non-hydrogen) atoms. The number of benzene rings is 1. The van der Waals surface area contributed by atoms with Gasteiger partial charge in [0.25, 0.3) is 5.56 Å². The zero-order chi connectivity index (χ0) is 20.1. The van der Waals surface area contributed by atoms with Gasteiger partial charge in [-0.3, -0.25) is 19.0 Å². The minimum absolute atomic E-state index is 0.0217. The summed E-state index contributed by atoms with van der Waals surface area (Å²) < 4.78 is 7.27. The van der Waals surface area contributed by atoms with E-state index >= 15 is 0 Å². The van der Waals surface area contributed by atoms with Crippen LogP contribution in [-0.2, 0) is 20.9 Å². The van der Waals surface area contributed by atoms with Gasteiger partial charge >= 0.3 is 0 Å². The highest BCUT2D eigenvalue weighted by atomic mass is 32.2. The van der Waals surface area contributed by atoms with Crippen molar-refractivity contribution in [1.82, 2.24) is 19.8 Å². The number of nitrogens with one attached hydrogen (secondary N) is 1. The summed E-state index contributed by atoms with van der Waals surface area (Å²) >= 11 is 1.19. The van der Waals surface area contributed by atoms with Crippen LogP contribution in [0.1, 0.15) is 12.8 Å². The molecule has 150 valence electrons. The van der Waals surface area contributed by atoms with Gasteiger partial charge in [0.15, 0.2) is 5.16 Å². The summed E-state index contributed by atoms with van der Waals surface area (Å²) in [5.41, 5.74) is 0.466. The van der Waals surface area contributed by atoms with Crippen LogP contribution in [-0.4, -0.2) is 65.4 Å². The minimum Gasteiger partial charge on any atom is -0.376 e. The molecule has 2 amide bonds. The molecule has 0 spiro atoms. The van der Waals surface area contributed by atoms with Crippen LogP contribution in [0.3, 0.4) is 0 Å². The van der Waals surface area contributed by atoms with Gasteiger partial charge in [-0.1, -0.05) is 23.9 Å². The lowest BCUT2D eigenvalue weighted by Gasteiger charge is -2.16. The Kier molecular flexibility index (Phi) is 6.69. The number of fused-ring (bicyclic) bond motifs is 1. The quantitative estimate of drug-likeness (QED) is 0.544. The first kappa shape index (κ1) is 20.3. The van der Waals surface area contributed by atoms with E-state index < -0.39 is 0 Å². The van der Waals surface area contributed by atoms with Crippen molar-refractivity contribution >= 4 is 34.5 Å². The first-order valence-electron chi connectivity index (χ1n) is 9.16. The molecule has 1 N–H and O–H groups in total. The molecular weight excluding hydrogens is 380 g/mol. The largest absolute Gasteiger partial charge is 0.376 e. The molecule has 3 rings (SSSR count). The molecule has 1 aliphatic heterocycles. The van der Waals surface area contributed by atoms with Crippen molar-refractivity contribution in [3.8, 4) is 0 Å². The van der Waals surface area contributed by atoms with Gasteiger partial charge in [-0.25, -0.2) is 4.98 Å². The van der Waals surface area contributed by atoms with Crippen molar-refractivity contribution < 1.29 is 14.3 Å². The predicted molar refractivity (Wildman–Crippen MR) is 107 cm³/mol. The Morgan fingerprint density at radius 3 is 2.86 bits per heavy atom. The Bertz CT molecular complexity index is 922. The molecule has 2 heterocycles. The van der Waals surface area contributed by atoms with Gasteiger partial charge in [0.05, 0.1) is 35.8 Å². The molecule has 9 heteroatoms. The number of nitrogens with zero attached hydrogens (tertiary/aromatic N) is 3. The highest BCUT2D eigenvalue weighted by Crippen LogP contribution is 2.20.